The molecule has 4 heterocycles. The molecule has 3 aliphatic heterocycles. The van der Waals surface area contributed by atoms with Crippen LogP contribution in [0, 0.1) is 5.41 Å². The lowest BCUT2D eigenvalue weighted by molar-refractivity contribution is -0.0655. The van der Waals surface area contributed by atoms with E-state index in [1.807, 2.05) is 23.1 Å². The number of piperidine rings is 1. The van der Waals surface area contributed by atoms with Gasteiger partial charge in [-0.1, -0.05) is 18.2 Å². The zero-order valence-electron chi connectivity index (χ0n) is 14.7. The quantitative estimate of drug-likeness (QED) is 0.850. The number of carbonyl (C=O) groups is 1. The number of aromatic nitrogens is 1. The summed E-state index contributed by atoms with van der Waals surface area (Å²) in [6, 6.07) is 8.04. The number of nitrogens with zero attached hydrogens (tertiary/aromatic N) is 2. The Kier molecular flexibility index (Phi) is 3.45. The first kappa shape index (κ1) is 16.2. The third kappa shape index (κ3) is 2.38. The topological polar surface area (TPSA) is 37.3 Å². The number of alkyl halides is 2. The van der Waals surface area contributed by atoms with E-state index in [0.717, 1.165) is 41.5 Å². The Bertz CT molecular complexity index is 891. The van der Waals surface area contributed by atoms with Gasteiger partial charge < -0.3 is 14.8 Å². The largest absolute Gasteiger partial charge is 0.344 e. The van der Waals surface area contributed by atoms with Crippen LogP contribution in [0.25, 0.3) is 10.9 Å². The second kappa shape index (κ2) is 5.52. The molecule has 1 spiro atoms. The molecular weight excluding hydrogens is 336 g/mol. The van der Waals surface area contributed by atoms with Crippen molar-refractivity contribution in [3.05, 3.63) is 35.5 Å². The summed E-state index contributed by atoms with van der Waals surface area (Å²) in [5, 5.41) is 3.88. The van der Waals surface area contributed by atoms with Gasteiger partial charge >= 0.3 is 0 Å². The predicted molar refractivity (Wildman–Crippen MR) is 95.6 cm³/mol. The van der Waals surface area contributed by atoms with Crippen LogP contribution in [-0.2, 0) is 13.0 Å². The van der Waals surface area contributed by atoms with Crippen molar-refractivity contribution in [2.75, 3.05) is 26.2 Å². The van der Waals surface area contributed by atoms with Crippen molar-refractivity contribution in [3.8, 4) is 0 Å². The number of para-hydroxylation sites is 1. The lowest BCUT2D eigenvalue weighted by Gasteiger charge is -2.38. The van der Waals surface area contributed by atoms with Crippen LogP contribution in [0.1, 0.15) is 35.3 Å². The summed E-state index contributed by atoms with van der Waals surface area (Å²) >= 11 is 0. The summed E-state index contributed by atoms with van der Waals surface area (Å²) in [4.78, 5) is 15.2. The van der Waals surface area contributed by atoms with E-state index >= 15 is 0 Å². The predicted octanol–water partition coefficient (Wildman–Crippen LogP) is 3.05. The molecule has 138 valence electrons. The molecule has 1 aromatic heterocycles. The fourth-order valence-electron chi connectivity index (χ4n) is 5.25. The maximum atomic E-state index is 13.9. The number of fused-ring (bicyclic) bond motifs is 3. The number of hydrogen-bond donors (Lipinski definition) is 1. The molecule has 2 fully saturated rings. The number of halogens is 2. The molecule has 1 atom stereocenters. The van der Waals surface area contributed by atoms with Crippen molar-refractivity contribution in [1.82, 2.24) is 14.8 Å². The van der Waals surface area contributed by atoms with Crippen molar-refractivity contribution in [2.45, 2.75) is 38.2 Å². The monoisotopic (exact) mass is 359 g/mol. The molecule has 2 aromatic rings. The molecular formula is C20H23F2N3O. The standard InChI is InChI=1S/C20H23F2N3O/c21-20(22)10-19(11-23-12-20)7-9-24(13-19)18(26)17-14-4-1-2-5-15(14)25-8-3-6-16(17)25/h1-2,4-5,23H,3,6-13H2. The first-order valence-corrected chi connectivity index (χ1v) is 9.46. The van der Waals surface area contributed by atoms with Gasteiger partial charge in [0.2, 0.25) is 0 Å². The number of amides is 1. The molecule has 6 heteroatoms. The normalized spacial score (nSPS) is 27.4. The van der Waals surface area contributed by atoms with Crippen LogP contribution >= 0.6 is 0 Å². The molecule has 0 bridgehead atoms. The molecule has 0 radical (unpaired) electrons. The zero-order valence-corrected chi connectivity index (χ0v) is 14.7. The number of likely N-dealkylation sites (tertiary alicyclic amines) is 1. The van der Waals surface area contributed by atoms with Crippen LogP contribution in [0.4, 0.5) is 8.78 Å². The third-order valence-corrected chi connectivity index (χ3v) is 6.33. The molecule has 4 nitrogen and oxygen atoms in total. The van der Waals surface area contributed by atoms with E-state index in [-0.39, 0.29) is 18.9 Å². The molecule has 1 amide bonds. The second-order valence-corrected chi connectivity index (χ2v) is 8.21. The molecule has 26 heavy (non-hydrogen) atoms. The van der Waals surface area contributed by atoms with Crippen molar-refractivity contribution in [1.29, 1.82) is 0 Å². The van der Waals surface area contributed by atoms with Gasteiger partial charge in [0.25, 0.3) is 11.8 Å². The summed E-state index contributed by atoms with van der Waals surface area (Å²) in [6.07, 6.45) is 2.50. The van der Waals surface area contributed by atoms with E-state index in [0.29, 0.717) is 26.1 Å². The van der Waals surface area contributed by atoms with Crippen molar-refractivity contribution in [3.63, 3.8) is 0 Å². The summed E-state index contributed by atoms with van der Waals surface area (Å²) in [5.74, 6) is -2.66. The third-order valence-electron chi connectivity index (χ3n) is 6.33. The minimum atomic E-state index is -2.68. The maximum absolute atomic E-state index is 13.9. The van der Waals surface area contributed by atoms with Gasteiger partial charge in [-0.15, -0.1) is 0 Å². The molecule has 5 rings (SSSR count). The van der Waals surface area contributed by atoms with Gasteiger partial charge in [0.1, 0.15) is 0 Å². The molecule has 1 aromatic carbocycles. The van der Waals surface area contributed by atoms with Crippen LogP contribution in [0.2, 0.25) is 0 Å². The Hall–Kier alpha value is -1.95. The molecule has 2 saturated heterocycles. The number of hydrogen-bond acceptors (Lipinski definition) is 2. The second-order valence-electron chi connectivity index (χ2n) is 8.21. The minimum Gasteiger partial charge on any atom is -0.344 e. The minimum absolute atomic E-state index is 0.0163. The van der Waals surface area contributed by atoms with Crippen molar-refractivity contribution in [2.24, 2.45) is 5.41 Å². The molecule has 3 aliphatic rings. The SMILES string of the molecule is O=C(c1c2n(c3ccccc13)CCC2)N1CCC2(CNCC(F)(F)C2)C1. The lowest BCUT2D eigenvalue weighted by atomic mass is 9.78. The van der Waals surface area contributed by atoms with Crippen LogP contribution < -0.4 is 5.32 Å². The summed E-state index contributed by atoms with van der Waals surface area (Å²) in [6.45, 7) is 2.26. The fraction of sp³-hybridized carbons (Fsp3) is 0.550. The highest BCUT2D eigenvalue weighted by Gasteiger charge is 2.50. The lowest BCUT2D eigenvalue weighted by Crippen LogP contribution is -2.51. The Balaban J connectivity index is 1.48. The number of carbonyl (C=O) groups excluding carboxylic acids is 1. The highest BCUT2D eigenvalue weighted by atomic mass is 19.3. The number of aryl methyl sites for hydroxylation is 1. The average Bonchev–Trinajstić information content (AvgIpc) is 3.28. The summed E-state index contributed by atoms with van der Waals surface area (Å²) in [7, 11) is 0. The first-order valence-electron chi connectivity index (χ1n) is 9.46. The van der Waals surface area contributed by atoms with E-state index in [9.17, 15) is 13.6 Å². The van der Waals surface area contributed by atoms with Crippen LogP contribution in [0.15, 0.2) is 24.3 Å². The highest BCUT2D eigenvalue weighted by molar-refractivity contribution is 6.08. The van der Waals surface area contributed by atoms with Gasteiger partial charge in [-0.3, -0.25) is 4.79 Å². The first-order chi connectivity index (χ1) is 12.5. The Morgan fingerprint density at radius 1 is 1.15 bits per heavy atom. The fourth-order valence-corrected chi connectivity index (χ4v) is 5.25. The van der Waals surface area contributed by atoms with E-state index in [1.54, 1.807) is 0 Å². The van der Waals surface area contributed by atoms with E-state index in [2.05, 4.69) is 16.0 Å². The molecule has 0 saturated carbocycles. The van der Waals surface area contributed by atoms with Gasteiger partial charge in [0, 0.05) is 54.6 Å². The summed E-state index contributed by atoms with van der Waals surface area (Å²) in [5.41, 5.74) is 2.54. The van der Waals surface area contributed by atoms with Gasteiger partial charge in [-0.2, -0.15) is 0 Å². The number of benzene rings is 1. The number of nitrogens with one attached hydrogen (secondary N) is 1. The van der Waals surface area contributed by atoms with E-state index in [4.69, 9.17) is 0 Å². The van der Waals surface area contributed by atoms with Crippen molar-refractivity contribution < 1.29 is 13.6 Å². The number of rotatable bonds is 1. The van der Waals surface area contributed by atoms with Crippen molar-refractivity contribution >= 4 is 16.8 Å². The van der Waals surface area contributed by atoms with E-state index < -0.39 is 11.3 Å². The van der Waals surface area contributed by atoms with Crippen LogP contribution in [0.3, 0.4) is 0 Å². The van der Waals surface area contributed by atoms with Crippen LogP contribution in [-0.4, -0.2) is 47.5 Å². The van der Waals surface area contributed by atoms with Gasteiger partial charge in [0.15, 0.2) is 0 Å². The Labute approximate surface area is 151 Å². The molecule has 1 N–H and O–H groups in total. The molecule has 1 unspecified atom stereocenters. The zero-order chi connectivity index (χ0) is 17.9. The maximum Gasteiger partial charge on any atom is 0.260 e. The Morgan fingerprint density at radius 2 is 2.00 bits per heavy atom. The van der Waals surface area contributed by atoms with E-state index in [1.165, 1.54) is 0 Å². The highest BCUT2D eigenvalue weighted by Crippen LogP contribution is 2.43. The average molecular weight is 359 g/mol. The van der Waals surface area contributed by atoms with Crippen LogP contribution in [0.5, 0.6) is 0 Å². The molecule has 0 aliphatic carbocycles. The smallest absolute Gasteiger partial charge is 0.260 e. The van der Waals surface area contributed by atoms with Gasteiger partial charge in [-0.25, -0.2) is 8.78 Å². The summed E-state index contributed by atoms with van der Waals surface area (Å²) < 4.78 is 30.1. The van der Waals surface area contributed by atoms with Gasteiger partial charge in [-0.05, 0) is 25.3 Å². The Morgan fingerprint density at radius 3 is 2.85 bits per heavy atom. The van der Waals surface area contributed by atoms with Gasteiger partial charge in [0.05, 0.1) is 12.1 Å².